The van der Waals surface area contributed by atoms with Crippen molar-refractivity contribution in [1.82, 2.24) is 9.97 Å². The highest BCUT2D eigenvalue weighted by Crippen LogP contribution is 2.40. The number of aromatic nitrogens is 2. The number of alkyl halides is 12. The van der Waals surface area contributed by atoms with E-state index in [2.05, 4.69) is 9.97 Å². The molecule has 0 unspecified atom stereocenters. The third-order valence-corrected chi connectivity index (χ3v) is 4.40. The predicted octanol–water partition coefficient (Wildman–Crippen LogP) is 7.89. The van der Waals surface area contributed by atoms with Gasteiger partial charge in [-0.3, -0.25) is 4.98 Å². The van der Waals surface area contributed by atoms with E-state index in [4.69, 9.17) is 0 Å². The summed E-state index contributed by atoms with van der Waals surface area (Å²) in [4.78, 5) is 7.19. The van der Waals surface area contributed by atoms with Gasteiger partial charge < -0.3 is 0 Å². The van der Waals surface area contributed by atoms with Gasteiger partial charge in [0.15, 0.2) is 0 Å². The third-order valence-electron chi connectivity index (χ3n) is 4.40. The third kappa shape index (κ3) is 5.59. The first-order valence-electron chi connectivity index (χ1n) is 8.77. The summed E-state index contributed by atoms with van der Waals surface area (Å²) in [6.07, 6.45) is -19.3. The van der Waals surface area contributed by atoms with Gasteiger partial charge in [-0.2, -0.15) is 52.7 Å². The lowest BCUT2D eigenvalue weighted by molar-refractivity contribution is -0.144. The Labute approximate surface area is 181 Å². The molecule has 34 heavy (non-hydrogen) atoms. The van der Waals surface area contributed by atoms with Gasteiger partial charge in [-0.1, -0.05) is 0 Å². The average Bonchev–Trinajstić information content (AvgIpc) is 2.70. The standard InChI is InChI=1S/C20H8F12N2/c21-17(22,23)11-1-9(2-12(5-11)18(24,25)26)15-7-33-8-16(34-15)10-3-13(19(27,28)29)6-14(4-10)20(30,31)32/h1-8H. The van der Waals surface area contributed by atoms with Crippen molar-refractivity contribution in [1.29, 1.82) is 0 Å². The molecule has 0 bridgehead atoms. The van der Waals surface area contributed by atoms with Gasteiger partial charge in [-0.25, -0.2) is 4.98 Å². The molecule has 0 aliphatic heterocycles. The van der Waals surface area contributed by atoms with E-state index >= 15 is 0 Å². The molecule has 0 aliphatic rings. The van der Waals surface area contributed by atoms with Crippen molar-refractivity contribution in [3.8, 4) is 22.5 Å². The number of hydrogen-bond acceptors (Lipinski definition) is 2. The SMILES string of the molecule is FC(F)(F)c1cc(-c2cncc(-c3cc(C(F)(F)F)cc(C(F)(F)F)c3)n2)cc(C(F)(F)F)c1. The number of hydrogen-bond donors (Lipinski definition) is 0. The van der Waals surface area contributed by atoms with E-state index in [1.165, 1.54) is 0 Å². The van der Waals surface area contributed by atoms with Crippen LogP contribution in [0.15, 0.2) is 48.8 Å². The highest BCUT2D eigenvalue weighted by molar-refractivity contribution is 5.67. The molecule has 3 rings (SSSR count). The van der Waals surface area contributed by atoms with Gasteiger partial charge >= 0.3 is 24.7 Å². The van der Waals surface area contributed by atoms with Gasteiger partial charge in [0.2, 0.25) is 0 Å². The fraction of sp³-hybridized carbons (Fsp3) is 0.200. The number of halogens is 12. The number of nitrogens with zero attached hydrogens (tertiary/aromatic N) is 2. The second-order valence-corrected chi connectivity index (χ2v) is 6.88. The zero-order chi connectivity index (χ0) is 25.7. The summed E-state index contributed by atoms with van der Waals surface area (Å²) >= 11 is 0. The van der Waals surface area contributed by atoms with Crippen LogP contribution in [0.4, 0.5) is 52.7 Å². The van der Waals surface area contributed by atoms with Crippen LogP contribution < -0.4 is 0 Å². The van der Waals surface area contributed by atoms with Crippen LogP contribution >= 0.6 is 0 Å². The molecule has 14 heteroatoms. The molecule has 1 aromatic heterocycles. The first-order chi connectivity index (χ1) is 15.4. The van der Waals surface area contributed by atoms with Crippen molar-refractivity contribution in [3.05, 3.63) is 71.0 Å². The molecule has 0 N–H and O–H groups in total. The molecule has 0 saturated heterocycles. The maximum Gasteiger partial charge on any atom is 0.416 e. The van der Waals surface area contributed by atoms with E-state index in [9.17, 15) is 52.7 Å². The Morgan fingerprint density at radius 1 is 0.412 bits per heavy atom. The Morgan fingerprint density at radius 3 is 0.912 bits per heavy atom. The summed E-state index contributed by atoms with van der Waals surface area (Å²) < 4.78 is 157. The average molecular weight is 504 g/mol. The maximum atomic E-state index is 13.1. The molecule has 3 aromatic rings. The lowest BCUT2D eigenvalue weighted by Crippen LogP contribution is -2.11. The molecule has 0 radical (unpaired) electrons. The Bertz CT molecular complexity index is 1050. The molecule has 0 aliphatic carbocycles. The predicted molar refractivity (Wildman–Crippen MR) is 92.9 cm³/mol. The van der Waals surface area contributed by atoms with Crippen LogP contribution in [0, 0.1) is 0 Å². The number of benzene rings is 2. The minimum atomic E-state index is -5.19. The lowest BCUT2D eigenvalue weighted by Gasteiger charge is -2.15. The molecule has 0 spiro atoms. The zero-order valence-corrected chi connectivity index (χ0v) is 16.0. The Kier molecular flexibility index (Phi) is 6.08. The van der Waals surface area contributed by atoms with Crippen molar-refractivity contribution >= 4 is 0 Å². The maximum absolute atomic E-state index is 13.1. The lowest BCUT2D eigenvalue weighted by atomic mass is 10.0. The van der Waals surface area contributed by atoms with Gasteiger partial charge in [0.25, 0.3) is 0 Å². The molecular formula is C20H8F12N2. The van der Waals surface area contributed by atoms with Crippen molar-refractivity contribution in [2.24, 2.45) is 0 Å². The van der Waals surface area contributed by atoms with Crippen LogP contribution in [0.25, 0.3) is 22.5 Å². The van der Waals surface area contributed by atoms with Crippen LogP contribution in [-0.2, 0) is 24.7 Å². The highest BCUT2D eigenvalue weighted by atomic mass is 19.4. The van der Waals surface area contributed by atoms with Crippen molar-refractivity contribution in [2.75, 3.05) is 0 Å². The fourth-order valence-corrected chi connectivity index (χ4v) is 2.85. The number of rotatable bonds is 2. The van der Waals surface area contributed by atoms with E-state index in [-0.39, 0.29) is 12.1 Å². The first-order valence-corrected chi connectivity index (χ1v) is 8.77. The highest BCUT2D eigenvalue weighted by Gasteiger charge is 2.38. The van der Waals surface area contributed by atoms with Gasteiger partial charge in [-0.15, -0.1) is 0 Å². The minimum absolute atomic E-state index is 0.150. The summed E-state index contributed by atoms with van der Waals surface area (Å²) in [7, 11) is 0. The fourth-order valence-electron chi connectivity index (χ4n) is 2.85. The molecule has 182 valence electrons. The summed E-state index contributed by atoms with van der Waals surface area (Å²) in [5.41, 5.74) is -9.55. The molecule has 0 atom stereocenters. The van der Waals surface area contributed by atoms with Gasteiger partial charge in [0.05, 0.1) is 46.0 Å². The van der Waals surface area contributed by atoms with Crippen LogP contribution in [0.5, 0.6) is 0 Å². The molecule has 2 aromatic carbocycles. The normalized spacial score (nSPS) is 13.3. The van der Waals surface area contributed by atoms with E-state index in [1.807, 2.05) is 0 Å². The van der Waals surface area contributed by atoms with Crippen LogP contribution in [-0.4, -0.2) is 9.97 Å². The second kappa shape index (κ2) is 8.17. The Morgan fingerprint density at radius 2 is 0.676 bits per heavy atom. The zero-order valence-electron chi connectivity index (χ0n) is 16.0. The Balaban J connectivity index is 2.21. The molecular weight excluding hydrogens is 496 g/mol. The second-order valence-electron chi connectivity index (χ2n) is 6.88. The molecule has 0 fully saturated rings. The van der Waals surface area contributed by atoms with E-state index in [1.54, 1.807) is 0 Å². The molecule has 1 heterocycles. The monoisotopic (exact) mass is 504 g/mol. The van der Waals surface area contributed by atoms with E-state index < -0.39 is 69.5 Å². The van der Waals surface area contributed by atoms with Gasteiger partial charge in [-0.05, 0) is 36.4 Å². The summed E-state index contributed by atoms with van der Waals surface area (Å²) in [6.45, 7) is 0. The first kappa shape index (κ1) is 25.3. The Hall–Kier alpha value is -3.32. The van der Waals surface area contributed by atoms with Crippen LogP contribution in [0.3, 0.4) is 0 Å². The smallest absolute Gasteiger partial charge is 0.260 e. The summed E-state index contributed by atoms with van der Waals surface area (Å²) in [5.74, 6) is 0. The molecule has 2 nitrogen and oxygen atoms in total. The van der Waals surface area contributed by atoms with Gasteiger partial charge in [0, 0.05) is 11.1 Å². The topological polar surface area (TPSA) is 25.8 Å². The van der Waals surface area contributed by atoms with Crippen molar-refractivity contribution in [2.45, 2.75) is 24.7 Å². The summed E-state index contributed by atoms with van der Waals surface area (Å²) in [5, 5.41) is 0. The van der Waals surface area contributed by atoms with E-state index in [0.29, 0.717) is 24.3 Å². The van der Waals surface area contributed by atoms with Crippen LogP contribution in [0.2, 0.25) is 0 Å². The van der Waals surface area contributed by atoms with Crippen LogP contribution in [0.1, 0.15) is 22.3 Å². The summed E-state index contributed by atoms with van der Waals surface area (Å²) in [6, 6.07) is 0.908. The van der Waals surface area contributed by atoms with Gasteiger partial charge in [0.1, 0.15) is 0 Å². The van der Waals surface area contributed by atoms with E-state index in [0.717, 1.165) is 12.4 Å². The largest absolute Gasteiger partial charge is 0.416 e. The molecule has 0 saturated carbocycles. The quantitative estimate of drug-likeness (QED) is 0.332. The molecule has 0 amide bonds. The van der Waals surface area contributed by atoms with Crippen molar-refractivity contribution < 1.29 is 52.7 Å². The van der Waals surface area contributed by atoms with Crippen molar-refractivity contribution in [3.63, 3.8) is 0 Å². The minimum Gasteiger partial charge on any atom is -0.260 e.